The maximum atomic E-state index is 13.2. The van der Waals surface area contributed by atoms with Crippen LogP contribution in [0.15, 0.2) is 18.2 Å². The van der Waals surface area contributed by atoms with Crippen molar-refractivity contribution in [3.8, 4) is 0 Å². The van der Waals surface area contributed by atoms with Crippen LogP contribution >= 0.6 is 11.6 Å². The molecule has 1 atom stereocenters. The van der Waals surface area contributed by atoms with Gasteiger partial charge in [0.2, 0.25) is 0 Å². The second-order valence-corrected chi connectivity index (χ2v) is 4.79. The van der Waals surface area contributed by atoms with Crippen LogP contribution in [-0.2, 0) is 0 Å². The van der Waals surface area contributed by atoms with Gasteiger partial charge in [-0.15, -0.1) is 0 Å². The molecule has 1 aromatic carbocycles. The van der Waals surface area contributed by atoms with Crippen LogP contribution in [0, 0.1) is 5.82 Å². The molecule has 0 radical (unpaired) electrons. The molecule has 2 nitrogen and oxygen atoms in total. The quantitative estimate of drug-likeness (QED) is 0.895. The van der Waals surface area contributed by atoms with Crippen molar-refractivity contribution in [3.05, 3.63) is 34.6 Å². The first-order valence-electron chi connectivity index (χ1n) is 6.12. The molecule has 1 saturated heterocycles. The van der Waals surface area contributed by atoms with Crippen LogP contribution < -0.4 is 5.32 Å². The van der Waals surface area contributed by atoms with Gasteiger partial charge in [-0.25, -0.2) is 4.39 Å². The van der Waals surface area contributed by atoms with E-state index in [0.29, 0.717) is 6.04 Å². The molecular formula is C13H18ClFN2. The summed E-state index contributed by atoms with van der Waals surface area (Å²) in [7, 11) is 0. The number of rotatable bonds is 3. The van der Waals surface area contributed by atoms with Gasteiger partial charge in [0.25, 0.3) is 0 Å². The Kier molecular flexibility index (Phi) is 4.37. The maximum Gasteiger partial charge on any atom is 0.141 e. The summed E-state index contributed by atoms with van der Waals surface area (Å²) in [4.78, 5) is 2.43. The van der Waals surface area contributed by atoms with Crippen molar-refractivity contribution < 1.29 is 4.39 Å². The summed E-state index contributed by atoms with van der Waals surface area (Å²) >= 11 is 5.85. The van der Waals surface area contributed by atoms with Crippen molar-refractivity contribution in [2.45, 2.75) is 19.4 Å². The molecular weight excluding hydrogens is 239 g/mol. The Labute approximate surface area is 107 Å². The highest BCUT2D eigenvalue weighted by molar-refractivity contribution is 6.30. The van der Waals surface area contributed by atoms with Gasteiger partial charge in [-0.2, -0.15) is 0 Å². The standard InChI is InChI=1S/C13H18ClFN2/c1-2-13(17-7-5-16-6-8-17)10-3-4-12(15)11(14)9-10/h3-4,9,13,16H,2,5-8H2,1H3/t13-/m1/s1. The molecule has 0 saturated carbocycles. The van der Waals surface area contributed by atoms with E-state index in [9.17, 15) is 4.39 Å². The van der Waals surface area contributed by atoms with E-state index in [2.05, 4.69) is 17.1 Å². The zero-order chi connectivity index (χ0) is 12.3. The number of nitrogens with zero attached hydrogens (tertiary/aromatic N) is 1. The molecule has 0 aliphatic carbocycles. The second kappa shape index (κ2) is 5.80. The van der Waals surface area contributed by atoms with E-state index in [1.807, 2.05) is 6.07 Å². The lowest BCUT2D eigenvalue weighted by Crippen LogP contribution is -2.45. The fourth-order valence-corrected chi connectivity index (χ4v) is 2.61. The van der Waals surface area contributed by atoms with Gasteiger partial charge in [-0.1, -0.05) is 24.6 Å². The summed E-state index contributed by atoms with van der Waals surface area (Å²) < 4.78 is 13.2. The van der Waals surface area contributed by atoms with E-state index in [1.165, 1.54) is 6.07 Å². The van der Waals surface area contributed by atoms with Gasteiger partial charge in [-0.05, 0) is 24.1 Å². The molecule has 1 aromatic rings. The molecule has 1 aliphatic rings. The lowest BCUT2D eigenvalue weighted by Gasteiger charge is -2.34. The highest BCUT2D eigenvalue weighted by Crippen LogP contribution is 2.27. The van der Waals surface area contributed by atoms with Crippen LogP contribution in [0.4, 0.5) is 4.39 Å². The summed E-state index contributed by atoms with van der Waals surface area (Å²) in [5.74, 6) is -0.342. The van der Waals surface area contributed by atoms with E-state index >= 15 is 0 Å². The van der Waals surface area contributed by atoms with E-state index < -0.39 is 0 Å². The summed E-state index contributed by atoms with van der Waals surface area (Å²) in [5.41, 5.74) is 1.11. The predicted octanol–water partition coefficient (Wildman–Crippen LogP) is 2.84. The SMILES string of the molecule is CC[C@H](c1ccc(F)c(Cl)c1)N1CCNCC1. The van der Waals surface area contributed by atoms with E-state index in [0.717, 1.165) is 38.2 Å². The number of piperazine rings is 1. The van der Waals surface area contributed by atoms with Crippen molar-refractivity contribution in [3.63, 3.8) is 0 Å². The van der Waals surface area contributed by atoms with Crippen molar-refractivity contribution in [1.29, 1.82) is 0 Å². The third-order valence-corrected chi connectivity index (χ3v) is 3.60. The lowest BCUT2D eigenvalue weighted by molar-refractivity contribution is 0.169. The molecule has 94 valence electrons. The molecule has 1 N–H and O–H groups in total. The molecule has 1 aliphatic heterocycles. The van der Waals surface area contributed by atoms with Gasteiger partial charge in [0.15, 0.2) is 0 Å². The Hall–Kier alpha value is -0.640. The molecule has 1 fully saturated rings. The van der Waals surface area contributed by atoms with Crippen molar-refractivity contribution in [2.75, 3.05) is 26.2 Å². The van der Waals surface area contributed by atoms with Gasteiger partial charge < -0.3 is 5.32 Å². The van der Waals surface area contributed by atoms with Gasteiger partial charge in [0.05, 0.1) is 5.02 Å². The monoisotopic (exact) mass is 256 g/mol. The van der Waals surface area contributed by atoms with E-state index in [1.54, 1.807) is 6.07 Å². The number of hydrogen-bond donors (Lipinski definition) is 1. The average Bonchev–Trinajstić information content (AvgIpc) is 2.36. The van der Waals surface area contributed by atoms with Crippen molar-refractivity contribution in [1.82, 2.24) is 10.2 Å². The van der Waals surface area contributed by atoms with Gasteiger partial charge in [0.1, 0.15) is 5.82 Å². The molecule has 0 amide bonds. The molecule has 2 rings (SSSR count). The summed E-state index contributed by atoms with van der Waals surface area (Å²) in [6, 6.07) is 5.41. The predicted molar refractivity (Wildman–Crippen MR) is 68.9 cm³/mol. The maximum absolute atomic E-state index is 13.2. The Morgan fingerprint density at radius 3 is 2.71 bits per heavy atom. The van der Waals surface area contributed by atoms with Gasteiger partial charge >= 0.3 is 0 Å². The number of halogens is 2. The summed E-state index contributed by atoms with van der Waals surface area (Å²) in [5, 5.41) is 3.56. The topological polar surface area (TPSA) is 15.3 Å². The number of benzene rings is 1. The third kappa shape index (κ3) is 2.97. The Bertz CT molecular complexity index is 378. The first-order valence-corrected chi connectivity index (χ1v) is 6.50. The molecule has 4 heteroatoms. The molecule has 0 spiro atoms. The van der Waals surface area contributed by atoms with Crippen molar-refractivity contribution in [2.24, 2.45) is 0 Å². The van der Waals surface area contributed by atoms with E-state index in [-0.39, 0.29) is 10.8 Å². The van der Waals surface area contributed by atoms with Crippen LogP contribution in [0.3, 0.4) is 0 Å². The van der Waals surface area contributed by atoms with Crippen LogP contribution in [0.5, 0.6) is 0 Å². The van der Waals surface area contributed by atoms with Gasteiger partial charge in [-0.3, -0.25) is 4.90 Å². The molecule has 0 aromatic heterocycles. The summed E-state index contributed by atoms with van der Waals surface area (Å²) in [6.07, 6.45) is 1.02. The van der Waals surface area contributed by atoms with E-state index in [4.69, 9.17) is 11.6 Å². The van der Waals surface area contributed by atoms with Crippen LogP contribution in [0.1, 0.15) is 24.9 Å². The molecule has 0 bridgehead atoms. The minimum absolute atomic E-state index is 0.219. The highest BCUT2D eigenvalue weighted by Gasteiger charge is 2.21. The molecule has 17 heavy (non-hydrogen) atoms. The third-order valence-electron chi connectivity index (χ3n) is 3.31. The van der Waals surface area contributed by atoms with Crippen molar-refractivity contribution >= 4 is 11.6 Å². The Balaban J connectivity index is 2.18. The fraction of sp³-hybridized carbons (Fsp3) is 0.538. The fourth-order valence-electron chi connectivity index (χ4n) is 2.42. The minimum atomic E-state index is -0.342. The largest absolute Gasteiger partial charge is 0.314 e. The smallest absolute Gasteiger partial charge is 0.141 e. The minimum Gasteiger partial charge on any atom is -0.314 e. The van der Waals surface area contributed by atoms with Gasteiger partial charge in [0, 0.05) is 32.2 Å². The zero-order valence-electron chi connectivity index (χ0n) is 10.0. The van der Waals surface area contributed by atoms with Crippen LogP contribution in [0.2, 0.25) is 5.02 Å². The summed E-state index contributed by atoms with van der Waals surface area (Å²) in [6.45, 7) is 6.27. The van der Waals surface area contributed by atoms with Crippen LogP contribution in [0.25, 0.3) is 0 Å². The number of hydrogen-bond acceptors (Lipinski definition) is 2. The van der Waals surface area contributed by atoms with Crippen LogP contribution in [-0.4, -0.2) is 31.1 Å². The average molecular weight is 257 g/mol. The first kappa shape index (κ1) is 12.8. The highest BCUT2D eigenvalue weighted by atomic mass is 35.5. The zero-order valence-corrected chi connectivity index (χ0v) is 10.8. The molecule has 1 heterocycles. The lowest BCUT2D eigenvalue weighted by atomic mass is 10.0. The normalized spacial score (nSPS) is 19.2. The second-order valence-electron chi connectivity index (χ2n) is 4.38. The Morgan fingerprint density at radius 1 is 1.41 bits per heavy atom. The Morgan fingerprint density at radius 2 is 2.12 bits per heavy atom. The molecule has 0 unspecified atom stereocenters. The number of nitrogens with one attached hydrogen (secondary N) is 1. The first-order chi connectivity index (χ1) is 8.22.